The Morgan fingerprint density at radius 1 is 1.11 bits per heavy atom. The number of esters is 1. The van der Waals surface area contributed by atoms with Crippen molar-refractivity contribution >= 4 is 57.8 Å². The molecule has 1 aliphatic rings. The van der Waals surface area contributed by atoms with Crippen LogP contribution in [0.15, 0.2) is 71.4 Å². The Bertz CT molecular complexity index is 1340. The molecule has 0 saturated carbocycles. The number of rotatable bonds is 8. The monoisotopic (exact) mass is 604 g/mol. The summed E-state index contributed by atoms with van der Waals surface area (Å²) in [5.41, 5.74) is 2.14. The minimum absolute atomic E-state index is 0.0640. The lowest BCUT2D eigenvalue weighted by atomic mass is 10.1. The molecule has 3 aromatic rings. The number of carbonyl (C=O) groups is 1. The maximum absolute atomic E-state index is 12.4. The number of nitro groups is 1. The van der Waals surface area contributed by atoms with Gasteiger partial charge in [0.25, 0.3) is 5.69 Å². The first-order valence-corrected chi connectivity index (χ1v) is 11.9. The molecule has 0 radical (unpaired) electrons. The number of non-ortho nitro benzene ring substituents is 1. The van der Waals surface area contributed by atoms with Crippen LogP contribution in [0.5, 0.6) is 11.5 Å². The van der Waals surface area contributed by atoms with Gasteiger partial charge in [0.05, 0.1) is 15.1 Å². The van der Waals surface area contributed by atoms with Crippen LogP contribution < -0.4 is 9.47 Å². The zero-order chi connectivity index (χ0) is 24.9. The van der Waals surface area contributed by atoms with Gasteiger partial charge in [-0.1, -0.05) is 23.7 Å². The predicted molar refractivity (Wildman–Crippen MR) is 140 cm³/mol. The van der Waals surface area contributed by atoms with Crippen LogP contribution in [0.1, 0.15) is 23.6 Å². The largest absolute Gasteiger partial charge is 0.490 e. The molecule has 0 unspecified atom stereocenters. The third-order valence-corrected chi connectivity index (χ3v) is 5.93. The Morgan fingerprint density at radius 3 is 2.49 bits per heavy atom. The third-order valence-electron chi connectivity index (χ3n) is 4.88. The lowest BCUT2D eigenvalue weighted by molar-refractivity contribution is -0.384. The highest BCUT2D eigenvalue weighted by molar-refractivity contribution is 14.1. The van der Waals surface area contributed by atoms with Crippen LogP contribution in [0.2, 0.25) is 5.02 Å². The van der Waals surface area contributed by atoms with Gasteiger partial charge in [-0.3, -0.25) is 10.1 Å². The Morgan fingerprint density at radius 2 is 1.83 bits per heavy atom. The molecule has 0 aliphatic carbocycles. The lowest BCUT2D eigenvalue weighted by Gasteiger charge is -2.15. The highest BCUT2D eigenvalue weighted by Crippen LogP contribution is 2.36. The highest BCUT2D eigenvalue weighted by Gasteiger charge is 2.25. The molecule has 1 heterocycles. The average Bonchev–Trinajstić information content (AvgIpc) is 3.20. The van der Waals surface area contributed by atoms with Crippen molar-refractivity contribution < 1.29 is 23.9 Å². The van der Waals surface area contributed by atoms with E-state index in [1.54, 1.807) is 24.3 Å². The fourth-order valence-corrected chi connectivity index (χ4v) is 4.13. The van der Waals surface area contributed by atoms with Crippen LogP contribution in [-0.2, 0) is 16.1 Å². The molecule has 8 nitrogen and oxygen atoms in total. The summed E-state index contributed by atoms with van der Waals surface area (Å²) in [6, 6.07) is 16.6. The predicted octanol–water partition coefficient (Wildman–Crippen LogP) is 6.18. The summed E-state index contributed by atoms with van der Waals surface area (Å²) in [5.74, 6) is 0.591. The van der Waals surface area contributed by atoms with Crippen molar-refractivity contribution in [3.05, 3.63) is 102 Å². The summed E-state index contributed by atoms with van der Waals surface area (Å²) in [4.78, 5) is 27.0. The number of nitrogens with zero attached hydrogens (tertiary/aromatic N) is 2. The highest BCUT2D eigenvalue weighted by atomic mass is 127. The van der Waals surface area contributed by atoms with E-state index in [0.29, 0.717) is 40.9 Å². The molecule has 0 spiro atoms. The minimum atomic E-state index is -0.616. The molecular formula is C25H18ClIN2O6. The fraction of sp³-hybridized carbons (Fsp3) is 0.120. The second-order valence-corrected chi connectivity index (χ2v) is 8.92. The number of hydrogen-bond donors (Lipinski definition) is 0. The van der Waals surface area contributed by atoms with E-state index in [1.165, 1.54) is 24.3 Å². The number of ether oxygens (including phenoxy) is 3. The van der Waals surface area contributed by atoms with Crippen molar-refractivity contribution in [3.63, 3.8) is 0 Å². The Kier molecular flexibility index (Phi) is 7.67. The summed E-state index contributed by atoms with van der Waals surface area (Å²) in [7, 11) is 0. The quantitative estimate of drug-likeness (QED) is 0.100. The number of aliphatic imine (C=N–C) groups is 1. The number of carbonyl (C=O) groups excluding carboxylic acids is 1. The summed E-state index contributed by atoms with van der Waals surface area (Å²) in [6.45, 7) is 2.64. The van der Waals surface area contributed by atoms with Gasteiger partial charge in [-0.15, -0.1) is 0 Å². The number of benzene rings is 3. The molecule has 0 saturated heterocycles. The van der Waals surface area contributed by atoms with E-state index < -0.39 is 10.9 Å². The normalized spacial score (nSPS) is 14.0. The molecule has 0 aromatic heterocycles. The zero-order valence-electron chi connectivity index (χ0n) is 18.4. The van der Waals surface area contributed by atoms with Crippen LogP contribution >= 0.6 is 34.2 Å². The fourth-order valence-electron chi connectivity index (χ4n) is 3.23. The Hall–Kier alpha value is -3.44. The second kappa shape index (κ2) is 10.9. The molecule has 178 valence electrons. The minimum Gasteiger partial charge on any atom is -0.490 e. The summed E-state index contributed by atoms with van der Waals surface area (Å²) in [5, 5.41) is 11.5. The molecule has 10 heteroatoms. The molecule has 0 N–H and O–H groups in total. The van der Waals surface area contributed by atoms with Crippen LogP contribution in [-0.4, -0.2) is 23.4 Å². The van der Waals surface area contributed by atoms with Crippen LogP contribution in [0, 0.1) is 13.7 Å². The third kappa shape index (κ3) is 5.98. The van der Waals surface area contributed by atoms with Crippen molar-refractivity contribution in [3.8, 4) is 11.5 Å². The van der Waals surface area contributed by atoms with Crippen LogP contribution in [0.4, 0.5) is 5.69 Å². The van der Waals surface area contributed by atoms with E-state index in [9.17, 15) is 14.9 Å². The van der Waals surface area contributed by atoms with Crippen molar-refractivity contribution in [2.75, 3.05) is 6.61 Å². The average molecular weight is 605 g/mol. The van der Waals surface area contributed by atoms with Gasteiger partial charge in [0, 0.05) is 22.7 Å². The summed E-state index contributed by atoms with van der Waals surface area (Å²) in [6.07, 6.45) is 1.59. The van der Waals surface area contributed by atoms with Gasteiger partial charge < -0.3 is 14.2 Å². The standard InChI is InChI=1S/C25H18ClIN2O6/c1-2-33-22-13-16(11-20(27)23(22)34-14-15-3-7-18(26)8-4-15)12-21-25(30)35-24(28-21)17-5-9-19(10-6-17)29(31)32/h3-13H,2,14H2,1H3/b21-12-. The Labute approximate surface area is 219 Å². The van der Waals surface area contributed by atoms with Crippen molar-refractivity contribution in [2.45, 2.75) is 13.5 Å². The summed E-state index contributed by atoms with van der Waals surface area (Å²) >= 11 is 8.10. The molecule has 0 atom stereocenters. The van der Waals surface area contributed by atoms with E-state index in [0.717, 1.165) is 9.13 Å². The smallest absolute Gasteiger partial charge is 0.363 e. The molecule has 1 aliphatic heterocycles. The molecule has 0 fully saturated rings. The SMILES string of the molecule is CCOc1cc(/C=C2\N=C(c3ccc([N+](=O)[O-])cc3)OC2=O)cc(I)c1OCc1ccc(Cl)cc1. The van der Waals surface area contributed by atoms with Gasteiger partial charge in [-0.25, -0.2) is 9.79 Å². The van der Waals surface area contributed by atoms with Gasteiger partial charge in [-0.2, -0.15) is 0 Å². The van der Waals surface area contributed by atoms with E-state index >= 15 is 0 Å². The van der Waals surface area contributed by atoms with E-state index in [4.69, 9.17) is 25.8 Å². The van der Waals surface area contributed by atoms with Gasteiger partial charge in [-0.05, 0) is 83.1 Å². The molecule has 35 heavy (non-hydrogen) atoms. The van der Waals surface area contributed by atoms with E-state index in [-0.39, 0.29) is 17.3 Å². The van der Waals surface area contributed by atoms with Gasteiger partial charge in [0.1, 0.15) is 6.61 Å². The first-order valence-electron chi connectivity index (χ1n) is 10.4. The molecule has 3 aromatic carbocycles. The number of nitro benzene ring substituents is 1. The van der Waals surface area contributed by atoms with Gasteiger partial charge in [0.2, 0.25) is 5.90 Å². The van der Waals surface area contributed by atoms with Crippen LogP contribution in [0.25, 0.3) is 6.08 Å². The van der Waals surface area contributed by atoms with Crippen molar-refractivity contribution in [1.29, 1.82) is 0 Å². The molecule has 4 rings (SSSR count). The first kappa shape index (κ1) is 24.7. The van der Waals surface area contributed by atoms with E-state index in [2.05, 4.69) is 27.6 Å². The van der Waals surface area contributed by atoms with Crippen molar-refractivity contribution in [1.82, 2.24) is 0 Å². The maximum Gasteiger partial charge on any atom is 0.363 e. The topological polar surface area (TPSA) is 100 Å². The summed E-state index contributed by atoms with van der Waals surface area (Å²) < 4.78 is 17.9. The van der Waals surface area contributed by atoms with E-state index in [1.807, 2.05) is 25.1 Å². The van der Waals surface area contributed by atoms with Gasteiger partial charge >= 0.3 is 5.97 Å². The van der Waals surface area contributed by atoms with Gasteiger partial charge in [0.15, 0.2) is 17.2 Å². The second-order valence-electron chi connectivity index (χ2n) is 7.32. The first-order chi connectivity index (χ1) is 16.8. The zero-order valence-corrected chi connectivity index (χ0v) is 21.3. The Balaban J connectivity index is 1.59. The van der Waals surface area contributed by atoms with Crippen LogP contribution in [0.3, 0.4) is 0 Å². The van der Waals surface area contributed by atoms with Crippen molar-refractivity contribution in [2.24, 2.45) is 4.99 Å². The number of cyclic esters (lactones) is 1. The molecular weight excluding hydrogens is 587 g/mol. The lowest BCUT2D eigenvalue weighted by Crippen LogP contribution is -2.05. The number of halogens is 2. The molecule has 0 amide bonds. The number of hydrogen-bond acceptors (Lipinski definition) is 7. The maximum atomic E-state index is 12.4. The molecule has 0 bridgehead atoms.